The van der Waals surface area contributed by atoms with Gasteiger partial charge in [0.2, 0.25) is 5.91 Å². The lowest BCUT2D eigenvalue weighted by atomic mass is 9.84. The van der Waals surface area contributed by atoms with Gasteiger partial charge in [-0.3, -0.25) is 4.79 Å². The lowest BCUT2D eigenvalue weighted by Gasteiger charge is -2.32. The molecule has 1 saturated carbocycles. The molecule has 0 aromatic heterocycles. The van der Waals surface area contributed by atoms with Crippen molar-refractivity contribution in [3.8, 4) is 0 Å². The Morgan fingerprint density at radius 1 is 1.05 bits per heavy atom. The van der Waals surface area contributed by atoms with E-state index in [9.17, 15) is 4.79 Å². The maximum absolute atomic E-state index is 12.6. The van der Waals surface area contributed by atoms with Crippen LogP contribution in [0.2, 0.25) is 0 Å². The van der Waals surface area contributed by atoms with Crippen molar-refractivity contribution in [1.82, 2.24) is 9.80 Å². The van der Waals surface area contributed by atoms with Gasteiger partial charge in [-0.25, -0.2) is 0 Å². The molecule has 1 rings (SSSR count). The number of nitrogens with zero attached hydrogens (tertiary/aromatic N) is 2. The molecule has 0 aliphatic heterocycles. The van der Waals surface area contributed by atoms with Gasteiger partial charge in [-0.1, -0.05) is 26.7 Å². The first-order valence-electron chi connectivity index (χ1n) is 8.40. The van der Waals surface area contributed by atoms with E-state index < -0.39 is 0 Å². The van der Waals surface area contributed by atoms with Crippen molar-refractivity contribution in [1.29, 1.82) is 0 Å². The van der Waals surface area contributed by atoms with Gasteiger partial charge in [-0.2, -0.15) is 0 Å². The minimum absolute atomic E-state index is 0.0668. The number of hydrogen-bond acceptors (Lipinski definition) is 3. The molecule has 1 aliphatic rings. The fourth-order valence-electron chi connectivity index (χ4n) is 3.15. The van der Waals surface area contributed by atoms with Crippen LogP contribution < -0.4 is 5.73 Å². The van der Waals surface area contributed by atoms with Gasteiger partial charge >= 0.3 is 0 Å². The van der Waals surface area contributed by atoms with Crippen LogP contribution in [0, 0.1) is 5.92 Å². The van der Waals surface area contributed by atoms with Crippen molar-refractivity contribution in [2.45, 2.75) is 58.9 Å². The van der Waals surface area contributed by atoms with E-state index in [1.54, 1.807) is 0 Å². The predicted octanol–water partition coefficient (Wildman–Crippen LogP) is 2.08. The molecule has 0 bridgehead atoms. The van der Waals surface area contributed by atoms with Gasteiger partial charge in [0, 0.05) is 19.1 Å². The fraction of sp³-hybridized carbons (Fsp3) is 0.938. The third-order valence-electron chi connectivity index (χ3n) is 4.63. The standard InChI is InChI=1S/C16H33N3O/c1-4-18(5-2)12-9-13-19(6-3)16(20)14-10-7-8-11-15(14)17/h14-15H,4-13,17H2,1-3H3. The molecule has 0 radical (unpaired) electrons. The van der Waals surface area contributed by atoms with Gasteiger partial charge in [-0.15, -0.1) is 0 Å². The van der Waals surface area contributed by atoms with E-state index in [2.05, 4.69) is 25.7 Å². The summed E-state index contributed by atoms with van der Waals surface area (Å²) in [7, 11) is 0. The van der Waals surface area contributed by atoms with Crippen molar-refractivity contribution in [3.05, 3.63) is 0 Å². The van der Waals surface area contributed by atoms with E-state index in [1.807, 2.05) is 4.90 Å². The lowest BCUT2D eigenvalue weighted by Crippen LogP contribution is -2.46. The minimum atomic E-state index is 0.0668. The molecule has 0 spiro atoms. The zero-order valence-corrected chi connectivity index (χ0v) is 13.6. The second-order valence-electron chi connectivity index (χ2n) is 5.85. The Kier molecular flexibility index (Phi) is 8.15. The number of rotatable bonds is 8. The summed E-state index contributed by atoms with van der Waals surface area (Å²) in [6.07, 6.45) is 5.38. The summed E-state index contributed by atoms with van der Waals surface area (Å²) in [5.74, 6) is 0.358. The average Bonchev–Trinajstić information content (AvgIpc) is 2.47. The van der Waals surface area contributed by atoms with Crippen LogP contribution in [0.15, 0.2) is 0 Å². The molecule has 4 nitrogen and oxygen atoms in total. The Hall–Kier alpha value is -0.610. The van der Waals surface area contributed by atoms with Crippen LogP contribution in [-0.4, -0.2) is 54.5 Å². The van der Waals surface area contributed by atoms with E-state index >= 15 is 0 Å². The highest BCUT2D eigenvalue weighted by Crippen LogP contribution is 2.24. The Balaban J connectivity index is 2.42. The topological polar surface area (TPSA) is 49.6 Å². The molecular weight excluding hydrogens is 250 g/mol. The SMILES string of the molecule is CCN(CC)CCCN(CC)C(=O)C1CCCCC1N. The fourth-order valence-corrected chi connectivity index (χ4v) is 3.15. The van der Waals surface area contributed by atoms with Crippen molar-refractivity contribution in [2.75, 3.05) is 32.7 Å². The molecule has 4 heteroatoms. The molecular formula is C16H33N3O. The van der Waals surface area contributed by atoms with Gasteiger partial charge in [0.15, 0.2) is 0 Å². The van der Waals surface area contributed by atoms with E-state index in [4.69, 9.17) is 5.73 Å². The number of hydrogen-bond donors (Lipinski definition) is 1. The molecule has 0 saturated heterocycles. The minimum Gasteiger partial charge on any atom is -0.343 e. The third-order valence-corrected chi connectivity index (χ3v) is 4.63. The molecule has 0 aromatic rings. The molecule has 1 amide bonds. The summed E-state index contributed by atoms with van der Waals surface area (Å²) in [5.41, 5.74) is 6.14. The second kappa shape index (κ2) is 9.35. The highest BCUT2D eigenvalue weighted by atomic mass is 16.2. The van der Waals surface area contributed by atoms with E-state index in [-0.39, 0.29) is 12.0 Å². The zero-order chi connectivity index (χ0) is 15.0. The Morgan fingerprint density at radius 3 is 2.25 bits per heavy atom. The number of amides is 1. The zero-order valence-electron chi connectivity index (χ0n) is 13.6. The van der Waals surface area contributed by atoms with Crippen LogP contribution in [0.3, 0.4) is 0 Å². The van der Waals surface area contributed by atoms with Crippen molar-refractivity contribution < 1.29 is 4.79 Å². The quantitative estimate of drug-likeness (QED) is 0.742. The third kappa shape index (κ3) is 5.06. The van der Waals surface area contributed by atoms with Crippen LogP contribution in [0.1, 0.15) is 52.9 Å². The average molecular weight is 283 g/mol. The summed E-state index contributed by atoms with van der Waals surface area (Å²) in [4.78, 5) is 17.0. The monoisotopic (exact) mass is 283 g/mol. The highest BCUT2D eigenvalue weighted by Gasteiger charge is 2.30. The normalized spacial score (nSPS) is 23.1. The van der Waals surface area contributed by atoms with Gasteiger partial charge in [0.05, 0.1) is 5.92 Å². The molecule has 2 atom stereocenters. The Morgan fingerprint density at radius 2 is 1.70 bits per heavy atom. The van der Waals surface area contributed by atoms with Gasteiger partial charge < -0.3 is 15.5 Å². The molecule has 0 heterocycles. The van der Waals surface area contributed by atoms with E-state index in [0.717, 1.165) is 58.4 Å². The maximum atomic E-state index is 12.6. The largest absolute Gasteiger partial charge is 0.343 e. The summed E-state index contributed by atoms with van der Waals surface area (Å²) >= 11 is 0. The molecule has 2 unspecified atom stereocenters. The number of nitrogens with two attached hydrogens (primary N) is 1. The second-order valence-corrected chi connectivity index (χ2v) is 5.85. The van der Waals surface area contributed by atoms with E-state index in [0.29, 0.717) is 5.91 Å². The number of carbonyl (C=O) groups is 1. The first-order chi connectivity index (χ1) is 9.63. The molecule has 1 aliphatic carbocycles. The Labute approximate surface area is 124 Å². The Bertz CT molecular complexity index is 279. The molecule has 20 heavy (non-hydrogen) atoms. The lowest BCUT2D eigenvalue weighted by molar-refractivity contribution is -0.137. The van der Waals surface area contributed by atoms with Crippen LogP contribution in [0.4, 0.5) is 0 Å². The molecule has 0 aromatic carbocycles. The van der Waals surface area contributed by atoms with Crippen LogP contribution in [-0.2, 0) is 4.79 Å². The van der Waals surface area contributed by atoms with Crippen molar-refractivity contribution in [3.63, 3.8) is 0 Å². The van der Waals surface area contributed by atoms with Gasteiger partial charge in [0.1, 0.15) is 0 Å². The van der Waals surface area contributed by atoms with E-state index in [1.165, 1.54) is 6.42 Å². The maximum Gasteiger partial charge on any atom is 0.227 e. The van der Waals surface area contributed by atoms with Crippen LogP contribution in [0.5, 0.6) is 0 Å². The summed E-state index contributed by atoms with van der Waals surface area (Å²) in [5, 5.41) is 0. The van der Waals surface area contributed by atoms with Crippen LogP contribution in [0.25, 0.3) is 0 Å². The van der Waals surface area contributed by atoms with Crippen LogP contribution >= 0.6 is 0 Å². The molecule has 1 fully saturated rings. The highest BCUT2D eigenvalue weighted by molar-refractivity contribution is 5.79. The smallest absolute Gasteiger partial charge is 0.227 e. The summed E-state index contributed by atoms with van der Waals surface area (Å²) < 4.78 is 0. The number of carbonyl (C=O) groups excluding carboxylic acids is 1. The summed E-state index contributed by atoms with van der Waals surface area (Å²) in [6.45, 7) is 11.4. The summed E-state index contributed by atoms with van der Waals surface area (Å²) in [6, 6.07) is 0.0769. The molecule has 118 valence electrons. The van der Waals surface area contributed by atoms with Gasteiger partial charge in [-0.05, 0) is 45.8 Å². The predicted molar refractivity (Wildman–Crippen MR) is 84.6 cm³/mol. The first kappa shape index (κ1) is 17.4. The first-order valence-corrected chi connectivity index (χ1v) is 8.40. The van der Waals surface area contributed by atoms with Crippen molar-refractivity contribution in [2.24, 2.45) is 11.7 Å². The van der Waals surface area contributed by atoms with Crippen molar-refractivity contribution >= 4 is 5.91 Å². The van der Waals surface area contributed by atoms with Gasteiger partial charge in [0.25, 0.3) is 0 Å². The molecule has 2 N–H and O–H groups in total.